The van der Waals surface area contributed by atoms with Gasteiger partial charge in [-0.05, 0) is 23.8 Å². The van der Waals surface area contributed by atoms with Crippen LogP contribution in [0.4, 0.5) is 5.69 Å². The number of carbonyl (C=O) groups excluding carboxylic acids is 1. The standard InChI is InChI=1S/C12H17NO4S/c1-7(5-17-3)4-9(14)13-10-8(2)6-18-11(10)12(15)16/h6-7H,4-5H2,1-3H3,(H,13,14)(H,15,16). The number of thiophene rings is 1. The monoisotopic (exact) mass is 271 g/mol. The zero-order valence-electron chi connectivity index (χ0n) is 10.6. The van der Waals surface area contributed by atoms with Crippen molar-refractivity contribution < 1.29 is 19.4 Å². The van der Waals surface area contributed by atoms with Crippen LogP contribution in [0.2, 0.25) is 0 Å². The van der Waals surface area contributed by atoms with Crippen LogP contribution < -0.4 is 5.32 Å². The fraction of sp³-hybridized carbons (Fsp3) is 0.500. The first kappa shape index (κ1) is 14.7. The highest BCUT2D eigenvalue weighted by atomic mass is 32.1. The van der Waals surface area contributed by atoms with Crippen molar-refractivity contribution in [2.24, 2.45) is 5.92 Å². The van der Waals surface area contributed by atoms with E-state index >= 15 is 0 Å². The van der Waals surface area contributed by atoms with Crippen LogP contribution in [-0.4, -0.2) is 30.7 Å². The number of methoxy groups -OCH3 is 1. The van der Waals surface area contributed by atoms with Gasteiger partial charge in [0.15, 0.2) is 0 Å². The third-order valence-electron chi connectivity index (χ3n) is 2.42. The quantitative estimate of drug-likeness (QED) is 0.832. The maximum atomic E-state index is 11.8. The van der Waals surface area contributed by atoms with Crippen LogP contribution in [0, 0.1) is 12.8 Å². The molecule has 1 unspecified atom stereocenters. The Morgan fingerprint density at radius 2 is 2.22 bits per heavy atom. The maximum absolute atomic E-state index is 11.8. The summed E-state index contributed by atoms with van der Waals surface area (Å²) in [6.07, 6.45) is 0.308. The van der Waals surface area contributed by atoms with Gasteiger partial charge in [0.25, 0.3) is 0 Å². The molecule has 0 saturated carbocycles. The molecule has 1 heterocycles. The summed E-state index contributed by atoms with van der Waals surface area (Å²) in [4.78, 5) is 22.9. The second kappa shape index (κ2) is 6.51. The molecular weight excluding hydrogens is 254 g/mol. The number of hydrogen-bond acceptors (Lipinski definition) is 4. The number of carboxylic acids is 1. The molecular formula is C12H17NO4S. The molecule has 0 aromatic carbocycles. The van der Waals surface area contributed by atoms with E-state index in [-0.39, 0.29) is 16.7 Å². The lowest BCUT2D eigenvalue weighted by molar-refractivity contribution is -0.117. The molecule has 1 atom stereocenters. The number of nitrogens with one attached hydrogen (secondary N) is 1. The summed E-state index contributed by atoms with van der Waals surface area (Å²) >= 11 is 1.12. The van der Waals surface area contributed by atoms with E-state index in [1.165, 1.54) is 0 Å². The lowest BCUT2D eigenvalue weighted by atomic mass is 10.1. The van der Waals surface area contributed by atoms with Crippen molar-refractivity contribution in [3.63, 3.8) is 0 Å². The minimum absolute atomic E-state index is 0.0993. The van der Waals surface area contributed by atoms with E-state index < -0.39 is 5.97 Å². The molecule has 2 N–H and O–H groups in total. The summed E-state index contributed by atoms with van der Waals surface area (Å²) in [7, 11) is 1.58. The van der Waals surface area contributed by atoms with Crippen molar-refractivity contribution in [2.45, 2.75) is 20.3 Å². The van der Waals surface area contributed by atoms with Crippen molar-refractivity contribution in [2.75, 3.05) is 19.0 Å². The lowest BCUT2D eigenvalue weighted by Crippen LogP contribution is -2.18. The van der Waals surface area contributed by atoms with E-state index in [0.29, 0.717) is 18.7 Å². The van der Waals surface area contributed by atoms with Gasteiger partial charge >= 0.3 is 5.97 Å². The Morgan fingerprint density at radius 3 is 2.78 bits per heavy atom. The Kier molecular flexibility index (Phi) is 5.30. The van der Waals surface area contributed by atoms with Gasteiger partial charge in [-0.3, -0.25) is 4.79 Å². The first-order valence-corrected chi connectivity index (χ1v) is 6.43. The first-order chi connectivity index (χ1) is 8.45. The molecule has 100 valence electrons. The predicted octanol–water partition coefficient (Wildman–Crippen LogP) is 2.37. The van der Waals surface area contributed by atoms with E-state index in [4.69, 9.17) is 9.84 Å². The van der Waals surface area contributed by atoms with Crippen molar-refractivity contribution >= 4 is 28.9 Å². The molecule has 0 radical (unpaired) electrons. The van der Waals surface area contributed by atoms with Gasteiger partial charge < -0.3 is 15.2 Å². The Hall–Kier alpha value is -1.40. The van der Waals surface area contributed by atoms with E-state index in [9.17, 15) is 9.59 Å². The van der Waals surface area contributed by atoms with Gasteiger partial charge in [-0.15, -0.1) is 11.3 Å². The van der Waals surface area contributed by atoms with Crippen LogP contribution in [0.5, 0.6) is 0 Å². The number of carbonyl (C=O) groups is 2. The number of amides is 1. The van der Waals surface area contributed by atoms with Crippen molar-refractivity contribution in [1.82, 2.24) is 0 Å². The molecule has 5 nitrogen and oxygen atoms in total. The Bertz CT molecular complexity index is 441. The van der Waals surface area contributed by atoms with Crippen LogP contribution in [0.1, 0.15) is 28.6 Å². The number of rotatable bonds is 6. The van der Waals surface area contributed by atoms with Crippen LogP contribution >= 0.6 is 11.3 Å². The van der Waals surface area contributed by atoms with Gasteiger partial charge in [0.2, 0.25) is 5.91 Å². The first-order valence-electron chi connectivity index (χ1n) is 5.55. The van der Waals surface area contributed by atoms with Gasteiger partial charge in [-0.25, -0.2) is 4.79 Å². The normalized spacial score (nSPS) is 12.2. The molecule has 0 bridgehead atoms. The van der Waals surface area contributed by atoms with Gasteiger partial charge in [0.1, 0.15) is 4.88 Å². The fourth-order valence-electron chi connectivity index (χ4n) is 1.61. The molecule has 0 saturated heterocycles. The zero-order valence-corrected chi connectivity index (χ0v) is 11.5. The van der Waals surface area contributed by atoms with Crippen LogP contribution in [0.15, 0.2) is 5.38 Å². The number of anilines is 1. The summed E-state index contributed by atoms with van der Waals surface area (Å²) in [5, 5.41) is 13.4. The number of aryl methyl sites for hydroxylation is 1. The highest BCUT2D eigenvalue weighted by Gasteiger charge is 2.18. The minimum Gasteiger partial charge on any atom is -0.477 e. The highest BCUT2D eigenvalue weighted by molar-refractivity contribution is 7.12. The van der Waals surface area contributed by atoms with Crippen LogP contribution in [-0.2, 0) is 9.53 Å². The lowest BCUT2D eigenvalue weighted by Gasteiger charge is -2.11. The minimum atomic E-state index is -1.02. The molecule has 1 aromatic heterocycles. The molecule has 18 heavy (non-hydrogen) atoms. The van der Waals surface area contributed by atoms with Crippen molar-refractivity contribution in [1.29, 1.82) is 0 Å². The molecule has 1 rings (SSSR count). The number of carboxylic acid groups (broad SMARTS) is 1. The highest BCUT2D eigenvalue weighted by Crippen LogP contribution is 2.27. The molecule has 0 aliphatic carbocycles. The number of hydrogen-bond donors (Lipinski definition) is 2. The molecule has 1 amide bonds. The van der Waals surface area contributed by atoms with Crippen LogP contribution in [0.3, 0.4) is 0 Å². The average molecular weight is 271 g/mol. The van der Waals surface area contributed by atoms with Crippen LogP contribution in [0.25, 0.3) is 0 Å². The Morgan fingerprint density at radius 1 is 1.56 bits per heavy atom. The van der Waals surface area contributed by atoms with E-state index in [1.807, 2.05) is 6.92 Å². The van der Waals surface area contributed by atoms with Gasteiger partial charge in [0.05, 0.1) is 5.69 Å². The predicted molar refractivity (Wildman–Crippen MR) is 70.3 cm³/mol. The summed E-state index contributed by atoms with van der Waals surface area (Å²) in [6, 6.07) is 0. The average Bonchev–Trinajstić information content (AvgIpc) is 2.60. The van der Waals surface area contributed by atoms with Gasteiger partial charge in [-0.1, -0.05) is 6.92 Å². The fourth-order valence-corrected chi connectivity index (χ4v) is 2.45. The van der Waals surface area contributed by atoms with Gasteiger partial charge in [0, 0.05) is 20.1 Å². The Balaban J connectivity index is 2.70. The molecule has 0 fully saturated rings. The molecule has 6 heteroatoms. The summed E-state index contributed by atoms with van der Waals surface area (Å²) in [5.74, 6) is -1.11. The third-order valence-corrected chi connectivity index (χ3v) is 3.50. The second-order valence-electron chi connectivity index (χ2n) is 4.24. The summed E-state index contributed by atoms with van der Waals surface area (Å²) < 4.78 is 4.95. The zero-order chi connectivity index (χ0) is 13.7. The summed E-state index contributed by atoms with van der Waals surface area (Å²) in [6.45, 7) is 4.18. The van der Waals surface area contributed by atoms with Crippen molar-refractivity contribution in [3.05, 3.63) is 15.8 Å². The van der Waals surface area contributed by atoms with Gasteiger partial charge in [-0.2, -0.15) is 0 Å². The SMILES string of the molecule is COCC(C)CC(=O)Nc1c(C)csc1C(=O)O. The molecule has 0 aliphatic heterocycles. The maximum Gasteiger partial charge on any atom is 0.348 e. The second-order valence-corrected chi connectivity index (χ2v) is 5.12. The topological polar surface area (TPSA) is 75.6 Å². The van der Waals surface area contributed by atoms with E-state index in [1.54, 1.807) is 19.4 Å². The largest absolute Gasteiger partial charge is 0.477 e. The number of aromatic carboxylic acids is 1. The number of ether oxygens (including phenoxy) is 1. The van der Waals surface area contributed by atoms with E-state index in [0.717, 1.165) is 16.9 Å². The summed E-state index contributed by atoms with van der Waals surface area (Å²) in [5.41, 5.74) is 1.17. The molecule has 0 aliphatic rings. The smallest absolute Gasteiger partial charge is 0.348 e. The molecule has 0 spiro atoms. The van der Waals surface area contributed by atoms with Crippen molar-refractivity contribution in [3.8, 4) is 0 Å². The van der Waals surface area contributed by atoms with E-state index in [2.05, 4.69) is 5.32 Å². The Labute approximate surface area is 110 Å². The third kappa shape index (κ3) is 3.82. The molecule has 1 aromatic rings.